The monoisotopic (exact) mass is 135 g/mol. The van der Waals surface area contributed by atoms with Gasteiger partial charge in [-0.1, -0.05) is 26.2 Å². The lowest BCUT2D eigenvalue weighted by molar-refractivity contribution is 0.312. The summed E-state index contributed by atoms with van der Waals surface area (Å²) < 4.78 is 0. The predicted octanol–water partition coefficient (Wildman–Crippen LogP) is 2.10. The summed E-state index contributed by atoms with van der Waals surface area (Å²) >= 11 is 0. The molecule has 0 aliphatic rings. The highest BCUT2D eigenvalue weighted by molar-refractivity contribution is 6.74. The van der Waals surface area contributed by atoms with Crippen LogP contribution in [0.2, 0.25) is 26.2 Å². The van der Waals surface area contributed by atoms with Crippen molar-refractivity contribution in [1.29, 1.82) is 0 Å². The Bertz CT molecular complexity index is 53.5. The van der Waals surface area contributed by atoms with Crippen molar-refractivity contribution in [2.24, 2.45) is 5.34 Å². The molecule has 0 atom stereocenters. The maximum absolute atomic E-state index is 8.11. The summed E-state index contributed by atoms with van der Waals surface area (Å²) in [6.45, 7) is 9.31. The highest BCUT2D eigenvalue weighted by Crippen LogP contribution is 1.94. The summed E-state index contributed by atoms with van der Waals surface area (Å²) in [5.74, 6) is 0. The van der Waals surface area contributed by atoms with Gasteiger partial charge in [0.15, 0.2) is 5.34 Å². The van der Waals surface area contributed by atoms with Gasteiger partial charge < -0.3 is 5.21 Å². The van der Waals surface area contributed by atoms with Crippen LogP contribution in [0, 0.1) is 4.91 Å². The van der Waals surface area contributed by atoms with E-state index < -0.39 is 8.07 Å². The number of nitrogens with zero attached hydrogens (tertiary/aromatic N) is 1. The summed E-state index contributed by atoms with van der Waals surface area (Å²) in [7, 11) is -0.611. The van der Waals surface area contributed by atoms with Gasteiger partial charge in [0, 0.05) is 8.07 Å². The van der Waals surface area contributed by atoms with Gasteiger partial charge in [-0.15, -0.1) is 4.91 Å². The van der Waals surface area contributed by atoms with E-state index in [1.54, 1.807) is 0 Å². The van der Waals surface area contributed by atoms with E-state index in [4.69, 9.17) is 10.1 Å². The number of hydrogen-bond donors (Lipinski definition) is 1. The minimum atomic E-state index is -0.611. The zero-order chi connectivity index (χ0) is 7.21. The second kappa shape index (κ2) is 4.77. The van der Waals surface area contributed by atoms with Crippen LogP contribution in [0.15, 0.2) is 5.34 Å². The molecule has 0 aliphatic carbocycles. The summed E-state index contributed by atoms with van der Waals surface area (Å²) in [4.78, 5) is 8.11. The molecule has 0 saturated carbocycles. The zero-order valence-corrected chi connectivity index (χ0v) is 6.80. The molecule has 0 aromatic carbocycles. The quantitative estimate of drug-likeness (QED) is 0.314. The molecule has 1 N–H and O–H groups in total. The topological polar surface area (TPSA) is 49.7 Å². The highest BCUT2D eigenvalue weighted by Gasteiger charge is 1.99. The van der Waals surface area contributed by atoms with Crippen molar-refractivity contribution in [3.05, 3.63) is 4.91 Å². The molecule has 0 saturated heterocycles. The molecule has 0 unspecified atom stereocenters. The second-order valence-corrected chi connectivity index (χ2v) is 9.08. The molecule has 0 spiro atoms. The van der Waals surface area contributed by atoms with E-state index in [0.29, 0.717) is 0 Å². The Morgan fingerprint density at radius 1 is 1.25 bits per heavy atom. The molecule has 0 heterocycles. The fraction of sp³-hybridized carbons (Fsp3) is 1.00. The van der Waals surface area contributed by atoms with Crippen LogP contribution in [-0.2, 0) is 0 Å². The van der Waals surface area contributed by atoms with Crippen molar-refractivity contribution in [1.82, 2.24) is 0 Å². The van der Waals surface area contributed by atoms with Gasteiger partial charge in [0.2, 0.25) is 0 Å². The van der Waals surface area contributed by atoms with Crippen molar-refractivity contribution < 1.29 is 5.21 Å². The molecular weight excluding hydrogens is 122 g/mol. The Kier molecular flexibility index (Phi) is 6.30. The van der Waals surface area contributed by atoms with E-state index in [2.05, 4.69) is 26.2 Å². The van der Waals surface area contributed by atoms with Gasteiger partial charge in [0.1, 0.15) is 0 Å². The van der Waals surface area contributed by atoms with Crippen LogP contribution in [0.4, 0.5) is 0 Å². The SMILES string of the molecule is C[Si](C)(C)C.O=NO. The lowest BCUT2D eigenvalue weighted by Crippen LogP contribution is -2.10. The van der Waals surface area contributed by atoms with Crippen LogP contribution in [0.5, 0.6) is 0 Å². The molecular formula is C4H13NO2Si. The minimum Gasteiger partial charge on any atom is -0.379 e. The maximum atomic E-state index is 8.11. The van der Waals surface area contributed by atoms with Gasteiger partial charge in [-0.25, -0.2) is 0 Å². The van der Waals surface area contributed by atoms with Crippen molar-refractivity contribution in [3.63, 3.8) is 0 Å². The standard InChI is InChI=1S/C4H12Si.HNO2/c1-5(2,3)4;2-1-3/h1-4H3;(H,2,3). The molecule has 0 amide bonds. The smallest absolute Gasteiger partial charge is 0.152 e. The van der Waals surface area contributed by atoms with E-state index in [-0.39, 0.29) is 0 Å². The Balaban J connectivity index is 0. The van der Waals surface area contributed by atoms with Crippen LogP contribution in [0.25, 0.3) is 0 Å². The first-order valence-corrected chi connectivity index (χ1v) is 6.38. The predicted molar refractivity (Wildman–Crippen MR) is 36.8 cm³/mol. The van der Waals surface area contributed by atoms with Gasteiger partial charge in [0.05, 0.1) is 0 Å². The lowest BCUT2D eigenvalue weighted by Gasteiger charge is -2.01. The summed E-state index contributed by atoms with van der Waals surface area (Å²) in [5.41, 5.74) is 0. The fourth-order valence-electron chi connectivity index (χ4n) is 0. The molecule has 8 heavy (non-hydrogen) atoms. The maximum Gasteiger partial charge on any atom is 0.152 e. The van der Waals surface area contributed by atoms with E-state index in [1.165, 1.54) is 5.34 Å². The van der Waals surface area contributed by atoms with Gasteiger partial charge in [-0.2, -0.15) is 0 Å². The molecule has 0 aromatic rings. The molecule has 0 radical (unpaired) electrons. The minimum absolute atomic E-state index is 0.611. The van der Waals surface area contributed by atoms with E-state index in [9.17, 15) is 0 Å². The van der Waals surface area contributed by atoms with Gasteiger partial charge in [-0.3, -0.25) is 0 Å². The zero-order valence-electron chi connectivity index (χ0n) is 5.80. The third-order valence-corrected chi connectivity index (χ3v) is 0. The molecule has 0 fully saturated rings. The molecule has 0 aliphatic heterocycles. The van der Waals surface area contributed by atoms with Gasteiger partial charge >= 0.3 is 0 Å². The first kappa shape index (κ1) is 10.6. The van der Waals surface area contributed by atoms with E-state index >= 15 is 0 Å². The summed E-state index contributed by atoms with van der Waals surface area (Å²) in [5, 5.41) is 7.89. The Morgan fingerprint density at radius 3 is 1.25 bits per heavy atom. The first-order chi connectivity index (χ1) is 3.41. The van der Waals surface area contributed by atoms with Gasteiger partial charge in [0.25, 0.3) is 0 Å². The molecule has 50 valence electrons. The molecule has 0 aromatic heterocycles. The Morgan fingerprint density at radius 2 is 1.25 bits per heavy atom. The number of rotatable bonds is 0. The van der Waals surface area contributed by atoms with Crippen LogP contribution >= 0.6 is 0 Å². The second-order valence-electron chi connectivity index (χ2n) is 3.08. The van der Waals surface area contributed by atoms with Crippen molar-refractivity contribution in [3.8, 4) is 0 Å². The third-order valence-electron chi connectivity index (χ3n) is 0. The van der Waals surface area contributed by atoms with Crippen molar-refractivity contribution in [2.45, 2.75) is 26.2 Å². The molecule has 0 rings (SSSR count). The van der Waals surface area contributed by atoms with Crippen LogP contribution < -0.4 is 0 Å². The molecule has 3 nitrogen and oxygen atoms in total. The van der Waals surface area contributed by atoms with Crippen molar-refractivity contribution >= 4 is 8.07 Å². The first-order valence-electron chi connectivity index (χ1n) is 2.38. The summed E-state index contributed by atoms with van der Waals surface area (Å²) in [6, 6.07) is 0. The largest absolute Gasteiger partial charge is 0.379 e. The molecule has 0 bridgehead atoms. The van der Waals surface area contributed by atoms with Crippen LogP contribution in [0.1, 0.15) is 0 Å². The fourth-order valence-corrected chi connectivity index (χ4v) is 0. The average Bonchev–Trinajstić information content (AvgIpc) is 1.27. The van der Waals surface area contributed by atoms with E-state index in [1.807, 2.05) is 0 Å². The summed E-state index contributed by atoms with van der Waals surface area (Å²) in [6.07, 6.45) is 0. The molecule has 4 heteroatoms. The Hall–Kier alpha value is -0.383. The average molecular weight is 135 g/mol. The third kappa shape index (κ3) is 816. The van der Waals surface area contributed by atoms with Crippen LogP contribution in [-0.4, -0.2) is 13.3 Å². The van der Waals surface area contributed by atoms with Crippen molar-refractivity contribution in [2.75, 3.05) is 0 Å². The normalized spacial score (nSPS) is 9.00. The Labute approximate surface area is 50.7 Å². The lowest BCUT2D eigenvalue weighted by atomic mass is 11.8. The van der Waals surface area contributed by atoms with E-state index in [0.717, 1.165) is 0 Å². The van der Waals surface area contributed by atoms with Gasteiger partial charge in [-0.05, 0) is 0 Å². The van der Waals surface area contributed by atoms with Crippen LogP contribution in [0.3, 0.4) is 0 Å². The number of hydrogen-bond acceptors (Lipinski definition) is 2. The highest BCUT2D eigenvalue weighted by atomic mass is 28.3.